The minimum absolute atomic E-state index is 0.343. The van der Waals surface area contributed by atoms with Crippen LogP contribution in [0, 0.1) is 5.92 Å². The zero-order valence-corrected chi connectivity index (χ0v) is 4.59. The number of rotatable bonds is 0. The third kappa shape index (κ3) is 0.555. The van der Waals surface area contributed by atoms with Crippen LogP contribution in [0.25, 0.3) is 0 Å². The average molecular weight is 115 g/mol. The van der Waals surface area contributed by atoms with Gasteiger partial charge in [0.05, 0.1) is 13.2 Å². The van der Waals surface area contributed by atoms with Crippen molar-refractivity contribution in [3.63, 3.8) is 0 Å². The van der Waals surface area contributed by atoms with Gasteiger partial charge in [0, 0.05) is 12.5 Å². The minimum atomic E-state index is 0.343. The van der Waals surface area contributed by atoms with Crippen LogP contribution < -0.4 is 5.48 Å². The molecule has 8 heavy (non-hydrogen) atoms. The lowest BCUT2D eigenvalue weighted by Gasteiger charge is -1.98. The van der Waals surface area contributed by atoms with E-state index in [1.165, 1.54) is 0 Å². The summed E-state index contributed by atoms with van der Waals surface area (Å²) in [4.78, 5) is 5.10. The normalized spacial score (nSPS) is 45.0. The molecule has 0 aliphatic carbocycles. The van der Waals surface area contributed by atoms with Gasteiger partial charge in [-0.15, -0.1) is 0 Å². The van der Waals surface area contributed by atoms with E-state index < -0.39 is 0 Å². The number of ether oxygens (including phenoxy) is 1. The molecule has 2 saturated heterocycles. The van der Waals surface area contributed by atoms with E-state index in [9.17, 15) is 0 Å². The maximum absolute atomic E-state index is 5.15. The third-order valence-electron chi connectivity index (χ3n) is 1.72. The Kier molecular flexibility index (Phi) is 0.997. The zero-order chi connectivity index (χ0) is 5.40. The highest BCUT2D eigenvalue weighted by Crippen LogP contribution is 2.19. The van der Waals surface area contributed by atoms with Crippen LogP contribution in [0.4, 0.5) is 0 Å². The fraction of sp³-hybridized carbons (Fsp3) is 1.00. The Labute approximate surface area is 47.9 Å². The Balaban J connectivity index is 2.04. The van der Waals surface area contributed by atoms with Crippen LogP contribution in [-0.4, -0.2) is 25.9 Å². The summed E-state index contributed by atoms with van der Waals surface area (Å²) < 4.78 is 5.15. The SMILES string of the molecule is C1NOC2COCC12. The fourth-order valence-electron chi connectivity index (χ4n) is 1.16. The second-order valence-corrected chi connectivity index (χ2v) is 2.30. The van der Waals surface area contributed by atoms with Gasteiger partial charge in [0.25, 0.3) is 0 Å². The van der Waals surface area contributed by atoms with Crippen LogP contribution in [0.2, 0.25) is 0 Å². The molecule has 0 aromatic heterocycles. The van der Waals surface area contributed by atoms with Crippen LogP contribution in [0.15, 0.2) is 0 Å². The highest BCUT2D eigenvalue weighted by molar-refractivity contribution is 4.79. The second-order valence-electron chi connectivity index (χ2n) is 2.30. The molecule has 3 nitrogen and oxygen atoms in total. The van der Waals surface area contributed by atoms with E-state index in [-0.39, 0.29) is 0 Å². The number of hydrogen-bond donors (Lipinski definition) is 1. The van der Waals surface area contributed by atoms with Gasteiger partial charge < -0.3 is 4.74 Å². The minimum Gasteiger partial charge on any atom is -0.378 e. The van der Waals surface area contributed by atoms with Gasteiger partial charge in [-0.1, -0.05) is 0 Å². The summed E-state index contributed by atoms with van der Waals surface area (Å²) in [6.45, 7) is 2.61. The van der Waals surface area contributed by atoms with Gasteiger partial charge in [-0.2, -0.15) is 0 Å². The van der Waals surface area contributed by atoms with Crippen molar-refractivity contribution in [3.05, 3.63) is 0 Å². The summed E-state index contributed by atoms with van der Waals surface area (Å²) in [5, 5.41) is 0. The van der Waals surface area contributed by atoms with Crippen LogP contribution in [0.1, 0.15) is 0 Å². The molecule has 2 atom stereocenters. The van der Waals surface area contributed by atoms with E-state index in [0.29, 0.717) is 12.0 Å². The molecule has 2 fully saturated rings. The molecule has 0 bridgehead atoms. The molecule has 0 radical (unpaired) electrons. The van der Waals surface area contributed by atoms with Gasteiger partial charge in [-0.25, -0.2) is 5.48 Å². The smallest absolute Gasteiger partial charge is 0.109 e. The molecular formula is C5H9NO2. The Morgan fingerprint density at radius 1 is 1.38 bits per heavy atom. The molecule has 0 aromatic rings. The molecule has 2 rings (SSSR count). The topological polar surface area (TPSA) is 30.5 Å². The number of hydrogen-bond acceptors (Lipinski definition) is 3. The van der Waals surface area contributed by atoms with Crippen molar-refractivity contribution in [1.29, 1.82) is 0 Å². The molecule has 3 heteroatoms. The highest BCUT2D eigenvalue weighted by atomic mass is 16.7. The van der Waals surface area contributed by atoms with Crippen molar-refractivity contribution in [2.45, 2.75) is 6.10 Å². The summed E-state index contributed by atoms with van der Waals surface area (Å²) in [7, 11) is 0. The Hall–Kier alpha value is -0.120. The molecule has 2 aliphatic rings. The summed E-state index contributed by atoms with van der Waals surface area (Å²) in [5.41, 5.74) is 2.84. The van der Waals surface area contributed by atoms with Crippen LogP contribution in [0.5, 0.6) is 0 Å². The number of fused-ring (bicyclic) bond motifs is 1. The number of nitrogens with one attached hydrogen (secondary N) is 1. The van der Waals surface area contributed by atoms with Crippen LogP contribution >= 0.6 is 0 Å². The van der Waals surface area contributed by atoms with E-state index in [1.54, 1.807) is 0 Å². The average Bonchev–Trinajstić information content (AvgIpc) is 2.15. The van der Waals surface area contributed by atoms with Gasteiger partial charge in [0.2, 0.25) is 0 Å². The lowest BCUT2D eigenvalue weighted by atomic mass is 10.1. The molecule has 0 amide bonds. The standard InChI is InChI=1S/C5H9NO2/c1-4-2-7-3-5(4)8-6-1/h4-6H,1-3H2. The van der Waals surface area contributed by atoms with Crippen molar-refractivity contribution >= 4 is 0 Å². The van der Waals surface area contributed by atoms with Crippen molar-refractivity contribution in [2.75, 3.05) is 19.8 Å². The summed E-state index contributed by atoms with van der Waals surface area (Å²) in [5.74, 6) is 0.620. The van der Waals surface area contributed by atoms with Crippen LogP contribution in [0.3, 0.4) is 0 Å². The fourth-order valence-corrected chi connectivity index (χ4v) is 1.16. The largest absolute Gasteiger partial charge is 0.378 e. The monoisotopic (exact) mass is 115 g/mol. The Morgan fingerprint density at radius 2 is 2.38 bits per heavy atom. The molecule has 0 spiro atoms. The molecule has 46 valence electrons. The quantitative estimate of drug-likeness (QED) is 0.463. The van der Waals surface area contributed by atoms with E-state index in [2.05, 4.69) is 5.48 Å². The van der Waals surface area contributed by atoms with Crippen LogP contribution in [-0.2, 0) is 9.57 Å². The molecule has 2 aliphatic heterocycles. The predicted molar refractivity (Wildman–Crippen MR) is 27.2 cm³/mol. The van der Waals surface area contributed by atoms with E-state index >= 15 is 0 Å². The van der Waals surface area contributed by atoms with E-state index in [0.717, 1.165) is 19.8 Å². The molecule has 2 heterocycles. The summed E-state index contributed by atoms with van der Waals surface area (Å²) in [6, 6.07) is 0. The molecular weight excluding hydrogens is 106 g/mol. The summed E-state index contributed by atoms with van der Waals surface area (Å²) in [6.07, 6.45) is 0.343. The molecule has 0 aromatic carbocycles. The first-order valence-corrected chi connectivity index (χ1v) is 2.93. The highest BCUT2D eigenvalue weighted by Gasteiger charge is 2.33. The lowest BCUT2D eigenvalue weighted by molar-refractivity contribution is 0.0109. The Bertz CT molecular complexity index is 76.4. The predicted octanol–water partition coefficient (Wildman–Crippen LogP) is -0.464. The van der Waals surface area contributed by atoms with Gasteiger partial charge in [0.1, 0.15) is 6.10 Å². The van der Waals surface area contributed by atoms with E-state index in [4.69, 9.17) is 9.57 Å². The van der Waals surface area contributed by atoms with Gasteiger partial charge in [-0.3, -0.25) is 4.84 Å². The molecule has 2 unspecified atom stereocenters. The maximum atomic E-state index is 5.15. The molecule has 1 N–H and O–H groups in total. The third-order valence-corrected chi connectivity index (χ3v) is 1.72. The number of hydroxylamine groups is 1. The molecule has 0 saturated carbocycles. The first kappa shape index (κ1) is 4.73. The first-order chi connectivity index (χ1) is 3.97. The van der Waals surface area contributed by atoms with Crippen molar-refractivity contribution < 1.29 is 9.57 Å². The lowest BCUT2D eigenvalue weighted by Crippen LogP contribution is -2.13. The first-order valence-electron chi connectivity index (χ1n) is 2.93. The van der Waals surface area contributed by atoms with Crippen molar-refractivity contribution in [1.82, 2.24) is 5.48 Å². The van der Waals surface area contributed by atoms with Crippen molar-refractivity contribution in [3.8, 4) is 0 Å². The zero-order valence-electron chi connectivity index (χ0n) is 4.59. The Morgan fingerprint density at radius 3 is 3.25 bits per heavy atom. The van der Waals surface area contributed by atoms with Crippen molar-refractivity contribution in [2.24, 2.45) is 5.92 Å². The van der Waals surface area contributed by atoms with E-state index in [1.807, 2.05) is 0 Å². The van der Waals surface area contributed by atoms with Gasteiger partial charge in [0.15, 0.2) is 0 Å². The van der Waals surface area contributed by atoms with Gasteiger partial charge >= 0.3 is 0 Å². The maximum Gasteiger partial charge on any atom is 0.109 e. The van der Waals surface area contributed by atoms with Gasteiger partial charge in [-0.05, 0) is 0 Å². The second kappa shape index (κ2) is 1.69. The summed E-state index contributed by atoms with van der Waals surface area (Å²) >= 11 is 0.